The van der Waals surface area contributed by atoms with Crippen molar-refractivity contribution in [1.82, 2.24) is 0 Å². The van der Waals surface area contributed by atoms with Crippen molar-refractivity contribution in [2.24, 2.45) is 15.3 Å². The molecule has 410 valence electrons. The van der Waals surface area contributed by atoms with Gasteiger partial charge in [-0.2, -0.15) is 0 Å². The first kappa shape index (κ1) is 56.5. The van der Waals surface area contributed by atoms with E-state index in [1.165, 1.54) is 0 Å². The maximum absolute atomic E-state index is 12.9. The topological polar surface area (TPSA) is 259 Å². The third-order valence-corrected chi connectivity index (χ3v) is 13.9. The molecule has 0 spiro atoms. The van der Waals surface area contributed by atoms with E-state index < -0.39 is 85.7 Å². The summed E-state index contributed by atoms with van der Waals surface area (Å²) >= 11 is 0. The second kappa shape index (κ2) is 29.7. The standard InChI is InChI=1S/C59H63N9O11/c60-66-63-32-48-53(71-34-41-21-9-2-10-22-41)55(73-36-43-25-13-4-14-26-43)57(75-38-45-29-17-6-18-30-45)59(77-48)79-52-47(65-68-62)31-46(64-67-61)51(50(52)69)78-58-56(74-37-44-27-15-5-16-28-44)54(72-35-42-23-11-3-12-24-42)49(39-76-58)70-33-40-19-7-1-8-20-40/h1-30,46-59,69H,31-39H2/t46-,47+,48-,49-,50-,51+,52-,53-,54+,55+,56-,57-,58-,59-/m1/s1. The number of azide groups is 3. The fourth-order valence-electron chi connectivity index (χ4n) is 9.98. The van der Waals surface area contributed by atoms with Gasteiger partial charge in [-0.15, -0.1) is 0 Å². The largest absolute Gasteiger partial charge is 0.388 e. The summed E-state index contributed by atoms with van der Waals surface area (Å²) in [5.74, 6) is 0. The highest BCUT2D eigenvalue weighted by atomic mass is 16.7. The normalized spacial score (nSPS) is 27.6. The number of hydrogen-bond acceptors (Lipinski definition) is 14. The van der Waals surface area contributed by atoms with Crippen LogP contribution in [0.5, 0.6) is 0 Å². The Balaban J connectivity index is 1.05. The van der Waals surface area contributed by atoms with Crippen molar-refractivity contribution in [2.75, 3.05) is 13.2 Å². The molecule has 0 aromatic heterocycles. The maximum atomic E-state index is 12.9. The van der Waals surface area contributed by atoms with Gasteiger partial charge in [-0.05, 0) is 56.4 Å². The molecule has 3 aliphatic rings. The molecule has 1 N–H and O–H groups in total. The highest BCUT2D eigenvalue weighted by Crippen LogP contribution is 2.38. The lowest BCUT2D eigenvalue weighted by Crippen LogP contribution is -2.65. The van der Waals surface area contributed by atoms with Crippen LogP contribution in [0.1, 0.15) is 39.8 Å². The Bertz CT molecular complexity index is 2890. The smallest absolute Gasteiger partial charge is 0.187 e. The predicted molar refractivity (Wildman–Crippen MR) is 289 cm³/mol. The Kier molecular flexibility index (Phi) is 21.2. The molecule has 9 rings (SSSR count). The minimum absolute atomic E-state index is 0.0147. The van der Waals surface area contributed by atoms with Crippen LogP contribution in [-0.2, 0) is 87.0 Å². The average Bonchev–Trinajstić information content (AvgIpc) is 3.54. The van der Waals surface area contributed by atoms with E-state index in [-0.39, 0.29) is 59.2 Å². The molecule has 2 heterocycles. The minimum atomic E-state index is -1.70. The first-order valence-electron chi connectivity index (χ1n) is 26.3. The van der Waals surface area contributed by atoms with Crippen molar-refractivity contribution in [3.63, 3.8) is 0 Å². The van der Waals surface area contributed by atoms with Crippen LogP contribution in [0.3, 0.4) is 0 Å². The molecule has 2 aliphatic heterocycles. The Morgan fingerprint density at radius 1 is 0.418 bits per heavy atom. The molecule has 2 saturated heterocycles. The van der Waals surface area contributed by atoms with Gasteiger partial charge in [0.15, 0.2) is 12.6 Å². The van der Waals surface area contributed by atoms with E-state index in [9.17, 15) is 21.7 Å². The molecular formula is C59H63N9O11. The quantitative estimate of drug-likeness (QED) is 0.0303. The lowest BCUT2D eigenvalue weighted by molar-refractivity contribution is -0.348. The minimum Gasteiger partial charge on any atom is -0.388 e. The number of nitrogens with zero attached hydrogens (tertiary/aromatic N) is 9. The number of benzene rings is 6. The van der Waals surface area contributed by atoms with Gasteiger partial charge in [0, 0.05) is 14.7 Å². The molecule has 1 aliphatic carbocycles. The lowest BCUT2D eigenvalue weighted by Gasteiger charge is -2.49. The average molecular weight is 1070 g/mol. The molecule has 0 bridgehead atoms. The van der Waals surface area contributed by atoms with E-state index in [1.807, 2.05) is 182 Å². The first-order valence-corrected chi connectivity index (χ1v) is 26.3. The van der Waals surface area contributed by atoms with E-state index in [4.69, 9.17) is 47.4 Å². The Morgan fingerprint density at radius 3 is 1.18 bits per heavy atom. The summed E-state index contributed by atoms with van der Waals surface area (Å²) in [4.78, 5) is 9.35. The maximum Gasteiger partial charge on any atom is 0.187 e. The molecule has 3 fully saturated rings. The zero-order valence-electron chi connectivity index (χ0n) is 43.3. The second-order valence-electron chi connectivity index (χ2n) is 19.3. The predicted octanol–water partition coefficient (Wildman–Crippen LogP) is 10.8. The third kappa shape index (κ3) is 15.8. The van der Waals surface area contributed by atoms with Crippen LogP contribution in [-0.4, -0.2) is 104 Å². The molecular weight excluding hydrogens is 1010 g/mol. The van der Waals surface area contributed by atoms with Crippen LogP contribution in [0, 0.1) is 0 Å². The molecule has 79 heavy (non-hydrogen) atoms. The Morgan fingerprint density at radius 2 is 0.772 bits per heavy atom. The molecule has 20 heteroatoms. The zero-order valence-corrected chi connectivity index (χ0v) is 43.3. The van der Waals surface area contributed by atoms with Crippen molar-refractivity contribution in [2.45, 2.75) is 132 Å². The molecule has 0 radical (unpaired) electrons. The lowest BCUT2D eigenvalue weighted by atomic mass is 9.84. The number of aliphatic hydroxyl groups excluding tert-OH is 1. The summed E-state index contributed by atoms with van der Waals surface area (Å²) in [5, 5.41) is 25.0. The van der Waals surface area contributed by atoms with E-state index in [1.54, 1.807) is 0 Å². The molecule has 14 atom stereocenters. The van der Waals surface area contributed by atoms with Gasteiger partial charge in [0.25, 0.3) is 0 Å². The molecule has 1 saturated carbocycles. The van der Waals surface area contributed by atoms with Gasteiger partial charge < -0.3 is 52.5 Å². The van der Waals surface area contributed by atoms with Gasteiger partial charge in [-0.1, -0.05) is 197 Å². The van der Waals surface area contributed by atoms with E-state index in [0.29, 0.717) is 0 Å². The fourth-order valence-corrected chi connectivity index (χ4v) is 9.98. The Hall–Kier alpha value is -7.19. The van der Waals surface area contributed by atoms with Gasteiger partial charge in [-0.25, -0.2) is 0 Å². The number of rotatable bonds is 26. The molecule has 20 nitrogen and oxygen atoms in total. The number of aliphatic hydroxyl groups is 1. The van der Waals surface area contributed by atoms with Gasteiger partial charge in [0.1, 0.15) is 42.7 Å². The van der Waals surface area contributed by atoms with E-state index in [2.05, 4.69) is 30.1 Å². The summed E-state index contributed by atoms with van der Waals surface area (Å²) in [6, 6.07) is 55.4. The number of hydrogen-bond donors (Lipinski definition) is 1. The summed E-state index contributed by atoms with van der Waals surface area (Å²) in [7, 11) is 0. The van der Waals surface area contributed by atoms with E-state index >= 15 is 0 Å². The van der Waals surface area contributed by atoms with Crippen LogP contribution in [0.25, 0.3) is 31.3 Å². The van der Waals surface area contributed by atoms with Crippen LogP contribution >= 0.6 is 0 Å². The molecule has 6 aromatic rings. The molecule has 0 unspecified atom stereocenters. The van der Waals surface area contributed by atoms with E-state index in [0.717, 1.165) is 33.4 Å². The van der Waals surface area contributed by atoms with Crippen molar-refractivity contribution in [3.05, 3.63) is 247 Å². The highest BCUT2D eigenvalue weighted by molar-refractivity contribution is 5.18. The van der Waals surface area contributed by atoms with Crippen molar-refractivity contribution >= 4 is 0 Å². The van der Waals surface area contributed by atoms with Gasteiger partial charge >= 0.3 is 0 Å². The van der Waals surface area contributed by atoms with Gasteiger partial charge in [0.2, 0.25) is 0 Å². The summed E-state index contributed by atoms with van der Waals surface area (Å²) in [6.45, 7) is 0.651. The van der Waals surface area contributed by atoms with Crippen molar-refractivity contribution in [3.8, 4) is 0 Å². The monoisotopic (exact) mass is 1070 g/mol. The highest BCUT2D eigenvalue weighted by Gasteiger charge is 2.54. The van der Waals surface area contributed by atoms with Crippen LogP contribution in [0.15, 0.2) is 197 Å². The van der Waals surface area contributed by atoms with Crippen molar-refractivity contribution in [1.29, 1.82) is 0 Å². The summed E-state index contributed by atoms with van der Waals surface area (Å²) in [5.41, 5.74) is 35.0. The SMILES string of the molecule is [N-]=[N+]=NC[C@H]1O[C@H](O[C@H]2[C@H](O)[C@@H](O[C@H]3OC[C@@H](OCc4ccccc4)[C@H](OCc4ccccc4)[C@H]3OCc3ccccc3)[C@H](N=[N+]=[N-])C[C@@H]2N=[N+]=[N-])[C@H](OCc2ccccc2)[C@@H](OCc2ccccc2)[C@@H]1OCc1ccccc1. The van der Waals surface area contributed by atoms with Crippen LogP contribution in [0.4, 0.5) is 0 Å². The summed E-state index contributed by atoms with van der Waals surface area (Å²) < 4.78 is 67.5. The zero-order chi connectivity index (χ0) is 54.4. The molecule has 0 amide bonds. The Labute approximate surface area is 457 Å². The second-order valence-corrected chi connectivity index (χ2v) is 19.3. The van der Waals surface area contributed by atoms with Crippen molar-refractivity contribution < 1.29 is 52.5 Å². The molecule has 6 aromatic carbocycles. The number of ether oxygens (including phenoxy) is 10. The first-order chi connectivity index (χ1) is 39.0. The summed E-state index contributed by atoms with van der Waals surface area (Å²) in [6.07, 6.45) is -13.7. The van der Waals surface area contributed by atoms with Gasteiger partial charge in [-0.3, -0.25) is 0 Å². The van der Waals surface area contributed by atoms with Crippen LogP contribution in [0.2, 0.25) is 0 Å². The third-order valence-electron chi connectivity index (χ3n) is 13.9. The van der Waals surface area contributed by atoms with Crippen LogP contribution < -0.4 is 0 Å². The van der Waals surface area contributed by atoms with Gasteiger partial charge in [0.05, 0.1) is 83.2 Å². The fraction of sp³-hybridized carbons (Fsp3) is 0.390.